The summed E-state index contributed by atoms with van der Waals surface area (Å²) >= 11 is 0. The molecule has 0 rings (SSSR count). The zero-order valence-electron chi connectivity index (χ0n) is 48.5. The van der Waals surface area contributed by atoms with Gasteiger partial charge in [0, 0.05) is 19.3 Å². The number of ether oxygens (including phenoxy) is 3. The lowest BCUT2D eigenvalue weighted by atomic mass is 10.1. The zero-order valence-corrected chi connectivity index (χ0v) is 48.5. The topological polar surface area (TPSA) is 78.9 Å². The van der Waals surface area contributed by atoms with Gasteiger partial charge in [-0.3, -0.25) is 14.4 Å². The quantitative estimate of drug-likeness (QED) is 0.0261. The second kappa shape index (κ2) is 62.1. The Morgan fingerprint density at radius 2 is 0.547 bits per heavy atom. The molecule has 0 aliphatic heterocycles. The third-order valence-corrected chi connectivity index (χ3v) is 12.6. The summed E-state index contributed by atoms with van der Waals surface area (Å²) in [5.41, 5.74) is 0. The summed E-state index contributed by atoms with van der Waals surface area (Å²) < 4.78 is 16.8. The van der Waals surface area contributed by atoms with Gasteiger partial charge in [-0.05, 0) is 135 Å². The van der Waals surface area contributed by atoms with Crippen molar-refractivity contribution in [2.24, 2.45) is 0 Å². The maximum Gasteiger partial charge on any atom is 0.306 e. The van der Waals surface area contributed by atoms with Crippen LogP contribution >= 0.6 is 0 Å². The molecule has 6 heteroatoms. The third kappa shape index (κ3) is 60.3. The summed E-state index contributed by atoms with van der Waals surface area (Å²) in [4.78, 5) is 38.1. The molecule has 6 nitrogen and oxygen atoms in total. The summed E-state index contributed by atoms with van der Waals surface area (Å²) in [5.74, 6) is -0.936. The lowest BCUT2D eigenvalue weighted by Crippen LogP contribution is -2.30. The van der Waals surface area contributed by atoms with Crippen molar-refractivity contribution in [1.82, 2.24) is 0 Å². The van der Waals surface area contributed by atoms with Crippen molar-refractivity contribution >= 4 is 17.9 Å². The Balaban J connectivity index is 4.27. The molecule has 0 N–H and O–H groups in total. The standard InChI is InChI=1S/C69H112O6/c1-4-7-10-13-16-19-22-24-26-27-28-29-30-31-32-33-34-35-36-37-38-39-40-41-42-43-44-46-47-50-53-56-59-62-68(71)74-65-66(64-73-67(70)61-58-55-52-49-21-18-15-12-9-6-3)75-69(72)63-60-57-54-51-48-45-25-23-20-17-14-11-8-5-2/h7,10,12,15-16,19,23-26,28-29,31-32,34-35,37-38,40-41,43-44,66H,4-6,8-9,11,13-14,17-18,20-22,27,30,33,36,39,42,45-65H2,1-3H3/b10-7-,15-12-,19-16-,25-23-,26-24-,29-28-,32-31-,35-34-,38-37-,41-40-,44-43-. The van der Waals surface area contributed by atoms with Crippen molar-refractivity contribution in [3.63, 3.8) is 0 Å². The summed E-state index contributed by atoms with van der Waals surface area (Å²) in [6.45, 7) is 6.42. The van der Waals surface area contributed by atoms with E-state index >= 15 is 0 Å². The van der Waals surface area contributed by atoms with Crippen LogP contribution in [0.1, 0.15) is 265 Å². The molecular weight excluding hydrogens is 925 g/mol. The molecule has 0 amide bonds. The van der Waals surface area contributed by atoms with Crippen LogP contribution in [-0.2, 0) is 28.6 Å². The summed E-state index contributed by atoms with van der Waals surface area (Å²) in [7, 11) is 0. The van der Waals surface area contributed by atoms with E-state index in [-0.39, 0.29) is 31.1 Å². The van der Waals surface area contributed by atoms with E-state index in [9.17, 15) is 14.4 Å². The van der Waals surface area contributed by atoms with Crippen LogP contribution in [0.25, 0.3) is 0 Å². The zero-order chi connectivity index (χ0) is 54.3. The Morgan fingerprint density at radius 3 is 0.880 bits per heavy atom. The van der Waals surface area contributed by atoms with Crippen molar-refractivity contribution in [3.05, 3.63) is 134 Å². The number of esters is 3. The largest absolute Gasteiger partial charge is 0.462 e. The smallest absolute Gasteiger partial charge is 0.306 e. The average Bonchev–Trinajstić information content (AvgIpc) is 3.41. The lowest BCUT2D eigenvalue weighted by Gasteiger charge is -2.18. The average molecular weight is 1040 g/mol. The van der Waals surface area contributed by atoms with Crippen LogP contribution in [0.15, 0.2) is 134 Å². The SMILES string of the molecule is CC/C=C\C/C=C\C/C=C\C/C=C\C/C=C\C/C=C\C/C=C\C/C=C\C/C=C\CCCCCCCC(=O)OCC(COC(=O)CCCCCCC/C=C\CCC)OC(=O)CCCCCCC/C=C\CCCCCCC. The summed E-state index contributed by atoms with van der Waals surface area (Å²) in [6.07, 6.45) is 87.5. The van der Waals surface area contributed by atoms with Crippen molar-refractivity contribution in [3.8, 4) is 0 Å². The minimum atomic E-state index is -0.797. The van der Waals surface area contributed by atoms with Gasteiger partial charge >= 0.3 is 17.9 Å². The molecule has 0 aliphatic carbocycles. The third-order valence-electron chi connectivity index (χ3n) is 12.6. The van der Waals surface area contributed by atoms with Gasteiger partial charge in [-0.2, -0.15) is 0 Å². The van der Waals surface area contributed by atoms with Crippen molar-refractivity contribution in [2.75, 3.05) is 13.2 Å². The number of rotatable bonds is 54. The van der Waals surface area contributed by atoms with Gasteiger partial charge in [-0.25, -0.2) is 0 Å². The Labute approximate surface area is 462 Å². The fourth-order valence-corrected chi connectivity index (χ4v) is 8.02. The molecule has 0 heterocycles. The first-order valence-corrected chi connectivity index (χ1v) is 30.7. The maximum absolute atomic E-state index is 12.8. The fraction of sp³-hybridized carbons (Fsp3) is 0.638. The summed E-state index contributed by atoms with van der Waals surface area (Å²) in [6, 6.07) is 0. The molecule has 75 heavy (non-hydrogen) atoms. The Morgan fingerprint density at radius 1 is 0.280 bits per heavy atom. The predicted molar refractivity (Wildman–Crippen MR) is 325 cm³/mol. The van der Waals surface area contributed by atoms with Gasteiger partial charge in [0.25, 0.3) is 0 Å². The van der Waals surface area contributed by atoms with E-state index in [1.54, 1.807) is 0 Å². The number of hydrogen-bond donors (Lipinski definition) is 0. The molecule has 424 valence electrons. The van der Waals surface area contributed by atoms with Crippen LogP contribution in [0.4, 0.5) is 0 Å². The molecule has 0 fully saturated rings. The van der Waals surface area contributed by atoms with Crippen LogP contribution in [0.3, 0.4) is 0 Å². The summed E-state index contributed by atoms with van der Waals surface area (Å²) in [5, 5.41) is 0. The van der Waals surface area contributed by atoms with Crippen LogP contribution < -0.4 is 0 Å². The Kier molecular flexibility index (Phi) is 58.4. The Bertz CT molecular complexity index is 1620. The first-order valence-electron chi connectivity index (χ1n) is 30.7. The minimum absolute atomic E-state index is 0.0946. The normalized spacial score (nSPS) is 13.1. The molecular formula is C69H112O6. The molecule has 0 aliphatic rings. The van der Waals surface area contributed by atoms with E-state index in [0.29, 0.717) is 19.3 Å². The van der Waals surface area contributed by atoms with Crippen LogP contribution in [-0.4, -0.2) is 37.2 Å². The van der Waals surface area contributed by atoms with E-state index in [1.165, 1.54) is 57.8 Å². The molecule has 0 saturated carbocycles. The van der Waals surface area contributed by atoms with E-state index in [1.807, 2.05) is 0 Å². The first-order chi connectivity index (χ1) is 37.0. The maximum atomic E-state index is 12.8. The van der Waals surface area contributed by atoms with Gasteiger partial charge in [-0.1, -0.05) is 244 Å². The highest BCUT2D eigenvalue weighted by Crippen LogP contribution is 2.14. The molecule has 0 radical (unpaired) electrons. The van der Waals surface area contributed by atoms with E-state index in [4.69, 9.17) is 14.2 Å². The number of hydrogen-bond acceptors (Lipinski definition) is 6. The molecule has 0 saturated heterocycles. The van der Waals surface area contributed by atoms with Gasteiger partial charge in [0.2, 0.25) is 0 Å². The number of unbranched alkanes of at least 4 members (excludes halogenated alkanes) is 21. The van der Waals surface area contributed by atoms with Gasteiger partial charge in [0.15, 0.2) is 6.10 Å². The molecule has 0 aromatic carbocycles. The second-order valence-electron chi connectivity index (χ2n) is 19.9. The van der Waals surface area contributed by atoms with Crippen molar-refractivity contribution < 1.29 is 28.6 Å². The molecule has 1 atom stereocenters. The van der Waals surface area contributed by atoms with Gasteiger partial charge in [0.1, 0.15) is 13.2 Å². The van der Waals surface area contributed by atoms with E-state index < -0.39 is 6.10 Å². The Hall–Kier alpha value is -4.45. The second-order valence-corrected chi connectivity index (χ2v) is 19.9. The van der Waals surface area contributed by atoms with Gasteiger partial charge in [0.05, 0.1) is 0 Å². The minimum Gasteiger partial charge on any atom is -0.462 e. The highest BCUT2D eigenvalue weighted by molar-refractivity contribution is 5.71. The van der Waals surface area contributed by atoms with Crippen molar-refractivity contribution in [2.45, 2.75) is 271 Å². The number of carbonyl (C=O) groups is 3. The van der Waals surface area contributed by atoms with Crippen molar-refractivity contribution in [1.29, 1.82) is 0 Å². The predicted octanol–water partition coefficient (Wildman–Crippen LogP) is 21.0. The molecule has 1 unspecified atom stereocenters. The molecule has 0 aromatic rings. The highest BCUT2D eigenvalue weighted by atomic mass is 16.6. The van der Waals surface area contributed by atoms with E-state index in [2.05, 4.69) is 154 Å². The van der Waals surface area contributed by atoms with E-state index in [0.717, 1.165) is 167 Å². The van der Waals surface area contributed by atoms with Crippen LogP contribution in [0.5, 0.6) is 0 Å². The van der Waals surface area contributed by atoms with Crippen LogP contribution in [0, 0.1) is 0 Å². The fourth-order valence-electron chi connectivity index (χ4n) is 8.02. The highest BCUT2D eigenvalue weighted by Gasteiger charge is 2.19. The van der Waals surface area contributed by atoms with Crippen LogP contribution in [0.2, 0.25) is 0 Å². The molecule has 0 aromatic heterocycles. The lowest BCUT2D eigenvalue weighted by molar-refractivity contribution is -0.167. The van der Waals surface area contributed by atoms with Gasteiger partial charge < -0.3 is 14.2 Å². The first kappa shape index (κ1) is 70.5. The monoisotopic (exact) mass is 1040 g/mol. The molecule has 0 bridgehead atoms. The number of carbonyl (C=O) groups excluding carboxylic acids is 3. The number of allylic oxidation sites excluding steroid dienone is 22. The molecule has 0 spiro atoms. The van der Waals surface area contributed by atoms with Gasteiger partial charge in [-0.15, -0.1) is 0 Å².